The van der Waals surface area contributed by atoms with Gasteiger partial charge in [0.2, 0.25) is 0 Å². The Hall–Kier alpha value is -2.24. The van der Waals surface area contributed by atoms with Crippen LogP contribution < -0.4 is 5.32 Å². The lowest BCUT2D eigenvalue weighted by Crippen LogP contribution is -2.32. The quantitative estimate of drug-likeness (QED) is 0.885. The molecule has 0 saturated heterocycles. The molecule has 3 rings (SSSR count). The Labute approximate surface area is 117 Å². The number of carbonyl (C=O) groups excluding carboxylic acids is 1. The predicted octanol–water partition coefficient (Wildman–Crippen LogP) is 1.15. The number of aromatic nitrogens is 4. The molecule has 1 aliphatic carbocycles. The maximum atomic E-state index is 12.0. The summed E-state index contributed by atoms with van der Waals surface area (Å²) in [5.74, 6) is -0.162. The van der Waals surface area contributed by atoms with Crippen molar-refractivity contribution in [2.75, 3.05) is 6.54 Å². The van der Waals surface area contributed by atoms with Crippen molar-refractivity contribution in [3.8, 4) is 0 Å². The standard InChI is InChI=1S/C14H17N5O/c1-2-19-17-9-12(18-19)13(20)16-10-14(5-6-14)11-3-7-15-8-4-11/h3-4,7-9H,2,5-6,10H2,1H3,(H,16,20). The van der Waals surface area contributed by atoms with Gasteiger partial charge in [0, 0.05) is 24.4 Å². The fourth-order valence-corrected chi connectivity index (χ4v) is 2.32. The zero-order chi connectivity index (χ0) is 14.0. The molecule has 1 N–H and O–H groups in total. The monoisotopic (exact) mass is 271 g/mol. The lowest BCUT2D eigenvalue weighted by atomic mass is 9.97. The minimum absolute atomic E-state index is 0.0827. The SMILES string of the molecule is CCn1ncc(C(=O)NCC2(c3ccncc3)CC2)n1. The molecule has 0 aliphatic heterocycles. The van der Waals surface area contributed by atoms with E-state index in [-0.39, 0.29) is 11.3 Å². The predicted molar refractivity (Wildman–Crippen MR) is 73.2 cm³/mol. The van der Waals surface area contributed by atoms with E-state index in [0.29, 0.717) is 18.8 Å². The molecule has 1 fully saturated rings. The average molecular weight is 271 g/mol. The third-order valence-electron chi connectivity index (χ3n) is 3.79. The van der Waals surface area contributed by atoms with Gasteiger partial charge in [0.25, 0.3) is 5.91 Å². The summed E-state index contributed by atoms with van der Waals surface area (Å²) in [6, 6.07) is 4.04. The molecule has 0 unspecified atom stereocenters. The van der Waals surface area contributed by atoms with Crippen LogP contribution in [0.3, 0.4) is 0 Å². The first-order valence-corrected chi connectivity index (χ1v) is 6.82. The fourth-order valence-electron chi connectivity index (χ4n) is 2.32. The van der Waals surface area contributed by atoms with Crippen LogP contribution in [0.4, 0.5) is 0 Å². The fraction of sp³-hybridized carbons (Fsp3) is 0.429. The molecule has 0 atom stereocenters. The number of nitrogens with zero attached hydrogens (tertiary/aromatic N) is 4. The smallest absolute Gasteiger partial charge is 0.273 e. The number of hydrogen-bond acceptors (Lipinski definition) is 4. The van der Waals surface area contributed by atoms with Gasteiger partial charge in [-0.15, -0.1) is 5.10 Å². The summed E-state index contributed by atoms with van der Waals surface area (Å²) in [6.45, 7) is 3.23. The number of rotatable bonds is 5. The van der Waals surface area contributed by atoms with Crippen LogP contribution in [-0.4, -0.2) is 32.4 Å². The Morgan fingerprint density at radius 2 is 2.15 bits per heavy atom. The van der Waals surface area contributed by atoms with Crippen LogP contribution in [0, 0.1) is 0 Å². The van der Waals surface area contributed by atoms with Gasteiger partial charge in [-0.1, -0.05) is 0 Å². The molecule has 2 aromatic heterocycles. The highest BCUT2D eigenvalue weighted by molar-refractivity contribution is 5.91. The largest absolute Gasteiger partial charge is 0.350 e. The number of aryl methyl sites for hydroxylation is 1. The molecule has 1 aliphatic rings. The van der Waals surface area contributed by atoms with E-state index in [2.05, 4.69) is 20.5 Å². The van der Waals surface area contributed by atoms with E-state index in [0.717, 1.165) is 12.8 Å². The lowest BCUT2D eigenvalue weighted by Gasteiger charge is -2.15. The first-order valence-electron chi connectivity index (χ1n) is 6.82. The Bertz CT molecular complexity index is 603. The zero-order valence-corrected chi connectivity index (χ0v) is 11.4. The minimum atomic E-state index is -0.162. The highest BCUT2D eigenvalue weighted by Crippen LogP contribution is 2.47. The second-order valence-corrected chi connectivity index (χ2v) is 5.12. The summed E-state index contributed by atoms with van der Waals surface area (Å²) in [6.07, 6.45) is 7.29. The van der Waals surface area contributed by atoms with E-state index in [1.807, 2.05) is 19.1 Å². The molecule has 104 valence electrons. The maximum Gasteiger partial charge on any atom is 0.273 e. The van der Waals surface area contributed by atoms with Gasteiger partial charge in [-0.3, -0.25) is 9.78 Å². The summed E-state index contributed by atoms with van der Waals surface area (Å²) in [7, 11) is 0. The van der Waals surface area contributed by atoms with Crippen molar-refractivity contribution in [3.05, 3.63) is 42.0 Å². The highest BCUT2D eigenvalue weighted by Gasteiger charge is 2.44. The molecule has 1 amide bonds. The topological polar surface area (TPSA) is 72.7 Å². The van der Waals surface area contributed by atoms with Crippen molar-refractivity contribution in [2.24, 2.45) is 0 Å². The summed E-state index contributed by atoms with van der Waals surface area (Å²) < 4.78 is 0. The average Bonchev–Trinajstić information content (AvgIpc) is 3.14. The van der Waals surface area contributed by atoms with Gasteiger partial charge < -0.3 is 5.32 Å². The molecule has 0 bridgehead atoms. The van der Waals surface area contributed by atoms with Crippen molar-refractivity contribution in [1.29, 1.82) is 0 Å². The van der Waals surface area contributed by atoms with Crippen LogP contribution in [0.2, 0.25) is 0 Å². The Morgan fingerprint density at radius 1 is 1.40 bits per heavy atom. The normalized spacial score (nSPS) is 15.8. The Balaban J connectivity index is 1.63. The third-order valence-corrected chi connectivity index (χ3v) is 3.79. The first kappa shape index (κ1) is 12.8. The minimum Gasteiger partial charge on any atom is -0.350 e. The van der Waals surface area contributed by atoms with E-state index < -0.39 is 0 Å². The van der Waals surface area contributed by atoms with Crippen LogP contribution in [0.5, 0.6) is 0 Å². The van der Waals surface area contributed by atoms with Crippen LogP contribution in [0.25, 0.3) is 0 Å². The van der Waals surface area contributed by atoms with Crippen LogP contribution in [-0.2, 0) is 12.0 Å². The molecular formula is C14H17N5O. The van der Waals surface area contributed by atoms with Crippen LogP contribution in [0.15, 0.2) is 30.7 Å². The van der Waals surface area contributed by atoms with Crippen molar-refractivity contribution in [1.82, 2.24) is 25.3 Å². The first-order chi connectivity index (χ1) is 9.73. The highest BCUT2D eigenvalue weighted by atomic mass is 16.2. The molecule has 1 saturated carbocycles. The van der Waals surface area contributed by atoms with Gasteiger partial charge in [-0.25, -0.2) is 0 Å². The molecule has 0 spiro atoms. The van der Waals surface area contributed by atoms with Gasteiger partial charge in [0.05, 0.1) is 12.7 Å². The molecule has 20 heavy (non-hydrogen) atoms. The van der Waals surface area contributed by atoms with E-state index in [4.69, 9.17) is 0 Å². The Kier molecular flexibility index (Phi) is 3.22. The number of pyridine rings is 1. The summed E-state index contributed by atoms with van der Waals surface area (Å²) in [5.41, 5.74) is 1.70. The molecular weight excluding hydrogens is 254 g/mol. The third kappa shape index (κ3) is 2.41. The number of amides is 1. The molecule has 6 heteroatoms. The van der Waals surface area contributed by atoms with Crippen molar-refractivity contribution in [2.45, 2.75) is 31.7 Å². The summed E-state index contributed by atoms with van der Waals surface area (Å²) in [5, 5.41) is 11.1. The van der Waals surface area contributed by atoms with E-state index in [1.165, 1.54) is 16.6 Å². The van der Waals surface area contributed by atoms with Gasteiger partial charge >= 0.3 is 0 Å². The summed E-state index contributed by atoms with van der Waals surface area (Å²) in [4.78, 5) is 17.6. The van der Waals surface area contributed by atoms with Crippen molar-refractivity contribution >= 4 is 5.91 Å². The molecule has 0 radical (unpaired) electrons. The molecule has 2 heterocycles. The molecule has 2 aromatic rings. The molecule has 0 aromatic carbocycles. The zero-order valence-electron chi connectivity index (χ0n) is 11.4. The van der Waals surface area contributed by atoms with Crippen LogP contribution in [0.1, 0.15) is 35.8 Å². The number of hydrogen-bond donors (Lipinski definition) is 1. The summed E-state index contributed by atoms with van der Waals surface area (Å²) >= 11 is 0. The Morgan fingerprint density at radius 3 is 2.75 bits per heavy atom. The maximum absolute atomic E-state index is 12.0. The number of nitrogens with one attached hydrogen (secondary N) is 1. The molecule has 6 nitrogen and oxygen atoms in total. The van der Waals surface area contributed by atoms with E-state index >= 15 is 0 Å². The number of carbonyl (C=O) groups is 1. The van der Waals surface area contributed by atoms with Gasteiger partial charge in [-0.05, 0) is 37.5 Å². The second-order valence-electron chi connectivity index (χ2n) is 5.12. The van der Waals surface area contributed by atoms with Crippen LogP contribution >= 0.6 is 0 Å². The van der Waals surface area contributed by atoms with Crippen molar-refractivity contribution < 1.29 is 4.79 Å². The van der Waals surface area contributed by atoms with Gasteiger partial charge in [0.15, 0.2) is 5.69 Å². The van der Waals surface area contributed by atoms with Gasteiger partial charge in [-0.2, -0.15) is 9.90 Å². The lowest BCUT2D eigenvalue weighted by molar-refractivity contribution is 0.0944. The van der Waals surface area contributed by atoms with Crippen molar-refractivity contribution in [3.63, 3.8) is 0 Å². The van der Waals surface area contributed by atoms with Gasteiger partial charge in [0.1, 0.15) is 0 Å². The second kappa shape index (κ2) is 5.03. The van der Waals surface area contributed by atoms with E-state index in [9.17, 15) is 4.79 Å². The van der Waals surface area contributed by atoms with E-state index in [1.54, 1.807) is 12.4 Å².